The van der Waals surface area contributed by atoms with Crippen molar-refractivity contribution in [1.82, 2.24) is 15.5 Å². The Bertz CT molecular complexity index is 846. The molecule has 0 atom stereocenters. The molecule has 1 aromatic heterocycles. The van der Waals surface area contributed by atoms with Gasteiger partial charge in [0.05, 0.1) is 13.7 Å². The zero-order valence-electron chi connectivity index (χ0n) is 12.8. The largest absolute Gasteiger partial charge is 0.497 e. The van der Waals surface area contributed by atoms with Gasteiger partial charge in [-0.05, 0) is 42.5 Å². The molecule has 3 rings (SSSR count). The summed E-state index contributed by atoms with van der Waals surface area (Å²) >= 11 is 0. The highest BCUT2D eigenvalue weighted by Gasteiger charge is 2.11. The van der Waals surface area contributed by atoms with Gasteiger partial charge in [0.2, 0.25) is 11.8 Å². The van der Waals surface area contributed by atoms with Gasteiger partial charge in [0.25, 0.3) is 5.91 Å². The summed E-state index contributed by atoms with van der Waals surface area (Å²) < 4.78 is 23.4. The highest BCUT2D eigenvalue weighted by molar-refractivity contribution is 5.94. The Morgan fingerprint density at radius 3 is 2.75 bits per heavy atom. The molecule has 0 aliphatic carbocycles. The van der Waals surface area contributed by atoms with Crippen molar-refractivity contribution in [2.45, 2.75) is 6.54 Å². The zero-order valence-corrected chi connectivity index (χ0v) is 12.8. The van der Waals surface area contributed by atoms with Crippen molar-refractivity contribution < 1.29 is 18.3 Å². The number of methoxy groups -OCH3 is 1. The minimum Gasteiger partial charge on any atom is -0.497 e. The van der Waals surface area contributed by atoms with Crippen LogP contribution < -0.4 is 10.1 Å². The third-order valence-corrected chi connectivity index (χ3v) is 3.29. The molecule has 0 saturated heterocycles. The average molecular weight is 327 g/mol. The Morgan fingerprint density at radius 2 is 2.00 bits per heavy atom. The second kappa shape index (κ2) is 6.91. The minimum absolute atomic E-state index is 0.0875. The third kappa shape index (κ3) is 3.57. The van der Waals surface area contributed by atoms with Gasteiger partial charge in [-0.25, -0.2) is 4.39 Å². The van der Waals surface area contributed by atoms with E-state index >= 15 is 0 Å². The van der Waals surface area contributed by atoms with E-state index in [1.807, 2.05) is 0 Å². The quantitative estimate of drug-likeness (QED) is 0.780. The Labute approximate surface area is 137 Å². The van der Waals surface area contributed by atoms with Gasteiger partial charge in [-0.2, -0.15) is 0 Å². The number of ether oxygens (including phenoxy) is 1. The summed E-state index contributed by atoms with van der Waals surface area (Å²) in [4.78, 5) is 12.1. The van der Waals surface area contributed by atoms with Crippen LogP contribution in [0.5, 0.6) is 5.75 Å². The van der Waals surface area contributed by atoms with Crippen LogP contribution in [0.25, 0.3) is 11.5 Å². The molecular formula is C17H14FN3O3. The Morgan fingerprint density at radius 1 is 1.21 bits per heavy atom. The Kier molecular flexibility index (Phi) is 4.51. The predicted molar refractivity (Wildman–Crippen MR) is 83.9 cm³/mol. The van der Waals surface area contributed by atoms with Crippen LogP contribution >= 0.6 is 0 Å². The first-order chi connectivity index (χ1) is 11.7. The lowest BCUT2D eigenvalue weighted by molar-refractivity contribution is 0.0947. The maximum absolute atomic E-state index is 12.9. The fourth-order valence-corrected chi connectivity index (χ4v) is 2.06. The molecular weight excluding hydrogens is 313 g/mol. The first-order valence-corrected chi connectivity index (χ1v) is 7.16. The smallest absolute Gasteiger partial charge is 0.251 e. The van der Waals surface area contributed by atoms with E-state index in [0.717, 1.165) is 0 Å². The molecule has 0 bridgehead atoms. The molecule has 0 unspecified atom stereocenters. The van der Waals surface area contributed by atoms with Gasteiger partial charge in [-0.3, -0.25) is 4.79 Å². The Balaban J connectivity index is 1.64. The van der Waals surface area contributed by atoms with Gasteiger partial charge in [-0.15, -0.1) is 10.2 Å². The molecule has 0 radical (unpaired) electrons. The molecule has 1 heterocycles. The molecule has 6 nitrogen and oxygen atoms in total. The normalized spacial score (nSPS) is 10.4. The van der Waals surface area contributed by atoms with E-state index in [2.05, 4.69) is 15.5 Å². The van der Waals surface area contributed by atoms with Gasteiger partial charge < -0.3 is 14.5 Å². The van der Waals surface area contributed by atoms with E-state index < -0.39 is 0 Å². The minimum atomic E-state index is -0.343. The average Bonchev–Trinajstić information content (AvgIpc) is 3.09. The summed E-state index contributed by atoms with van der Waals surface area (Å²) in [6.07, 6.45) is 0. The summed E-state index contributed by atoms with van der Waals surface area (Å²) in [5.74, 6) is 0.490. The van der Waals surface area contributed by atoms with Gasteiger partial charge in [-0.1, -0.05) is 6.07 Å². The fourth-order valence-electron chi connectivity index (χ4n) is 2.06. The van der Waals surface area contributed by atoms with Crippen LogP contribution in [0.1, 0.15) is 16.2 Å². The summed E-state index contributed by atoms with van der Waals surface area (Å²) in [5, 5.41) is 10.4. The van der Waals surface area contributed by atoms with Crippen molar-refractivity contribution in [3.8, 4) is 17.2 Å². The molecule has 0 spiro atoms. The molecule has 0 saturated carbocycles. The number of carbonyl (C=O) groups excluding carboxylic acids is 1. The number of hydrogen-bond donors (Lipinski definition) is 1. The summed E-state index contributed by atoms with van der Waals surface area (Å²) in [5.41, 5.74) is 1.07. The van der Waals surface area contributed by atoms with Crippen LogP contribution in [0.2, 0.25) is 0 Å². The van der Waals surface area contributed by atoms with Crippen LogP contribution in [-0.4, -0.2) is 23.2 Å². The van der Waals surface area contributed by atoms with Crippen molar-refractivity contribution in [2.75, 3.05) is 7.11 Å². The van der Waals surface area contributed by atoms with Crippen LogP contribution in [0.4, 0.5) is 4.39 Å². The number of aromatic nitrogens is 2. The summed E-state index contributed by atoms with van der Waals surface area (Å²) in [7, 11) is 1.53. The van der Waals surface area contributed by atoms with Gasteiger partial charge in [0.15, 0.2) is 0 Å². The maximum atomic E-state index is 12.9. The van der Waals surface area contributed by atoms with Gasteiger partial charge in [0.1, 0.15) is 11.6 Å². The number of benzene rings is 2. The lowest BCUT2D eigenvalue weighted by Gasteiger charge is -2.04. The van der Waals surface area contributed by atoms with E-state index in [-0.39, 0.29) is 30.1 Å². The van der Waals surface area contributed by atoms with Crippen molar-refractivity contribution in [2.24, 2.45) is 0 Å². The molecule has 122 valence electrons. The number of nitrogens with zero attached hydrogens (tertiary/aromatic N) is 2. The van der Waals surface area contributed by atoms with Crippen molar-refractivity contribution in [1.29, 1.82) is 0 Å². The summed E-state index contributed by atoms with van der Waals surface area (Å²) in [6, 6.07) is 12.5. The molecule has 0 fully saturated rings. The number of rotatable bonds is 5. The van der Waals surface area contributed by atoms with Crippen LogP contribution in [0.3, 0.4) is 0 Å². The third-order valence-electron chi connectivity index (χ3n) is 3.29. The fraction of sp³-hybridized carbons (Fsp3) is 0.118. The second-order valence-electron chi connectivity index (χ2n) is 4.92. The van der Waals surface area contributed by atoms with E-state index in [4.69, 9.17) is 9.15 Å². The van der Waals surface area contributed by atoms with E-state index in [1.165, 1.54) is 19.2 Å². The van der Waals surface area contributed by atoms with Crippen molar-refractivity contribution >= 4 is 5.91 Å². The summed E-state index contributed by atoms with van der Waals surface area (Å²) in [6.45, 7) is 0.0875. The Hall–Kier alpha value is -3.22. The van der Waals surface area contributed by atoms with E-state index in [0.29, 0.717) is 16.9 Å². The molecule has 1 amide bonds. The number of halogens is 1. The van der Waals surface area contributed by atoms with Crippen molar-refractivity contribution in [3.05, 3.63) is 65.8 Å². The first-order valence-electron chi connectivity index (χ1n) is 7.16. The number of hydrogen-bond acceptors (Lipinski definition) is 5. The number of nitrogens with one attached hydrogen (secondary N) is 1. The zero-order chi connectivity index (χ0) is 16.9. The molecule has 0 aliphatic heterocycles. The molecule has 3 aromatic rings. The van der Waals surface area contributed by atoms with Crippen molar-refractivity contribution in [3.63, 3.8) is 0 Å². The second-order valence-corrected chi connectivity index (χ2v) is 4.92. The molecule has 1 N–H and O–H groups in total. The monoisotopic (exact) mass is 327 g/mol. The number of carbonyl (C=O) groups is 1. The highest BCUT2D eigenvalue weighted by atomic mass is 19.1. The molecule has 0 aliphatic rings. The highest BCUT2D eigenvalue weighted by Crippen LogP contribution is 2.18. The molecule has 24 heavy (non-hydrogen) atoms. The van der Waals surface area contributed by atoms with Crippen LogP contribution in [0, 0.1) is 5.82 Å². The first kappa shape index (κ1) is 15.7. The topological polar surface area (TPSA) is 77.2 Å². The maximum Gasteiger partial charge on any atom is 0.251 e. The lowest BCUT2D eigenvalue weighted by Crippen LogP contribution is -2.22. The number of amides is 1. The van der Waals surface area contributed by atoms with Gasteiger partial charge >= 0.3 is 0 Å². The molecule has 2 aromatic carbocycles. The standard InChI is InChI=1S/C17H14FN3O3/c1-23-14-4-2-3-12(9-14)16(22)19-10-15-20-21-17(24-15)11-5-7-13(18)8-6-11/h2-9H,10H2,1H3,(H,19,22). The van der Waals surface area contributed by atoms with Crippen LogP contribution in [-0.2, 0) is 6.54 Å². The SMILES string of the molecule is COc1cccc(C(=O)NCc2nnc(-c3ccc(F)cc3)o2)c1. The van der Waals surface area contributed by atoms with E-state index in [1.54, 1.807) is 36.4 Å². The predicted octanol–water partition coefficient (Wildman–Crippen LogP) is 2.81. The van der Waals surface area contributed by atoms with E-state index in [9.17, 15) is 9.18 Å². The van der Waals surface area contributed by atoms with Gasteiger partial charge in [0, 0.05) is 11.1 Å². The molecule has 7 heteroatoms. The lowest BCUT2D eigenvalue weighted by atomic mass is 10.2. The van der Waals surface area contributed by atoms with Crippen LogP contribution in [0.15, 0.2) is 52.9 Å².